The van der Waals surface area contributed by atoms with E-state index < -0.39 is 13.9 Å². The summed E-state index contributed by atoms with van der Waals surface area (Å²) in [6.07, 6.45) is 18.5. The molecule has 1 aliphatic heterocycles. The van der Waals surface area contributed by atoms with Crippen LogP contribution in [0.15, 0.2) is 96.1 Å². The van der Waals surface area contributed by atoms with Crippen molar-refractivity contribution in [2.75, 3.05) is 32.7 Å². The summed E-state index contributed by atoms with van der Waals surface area (Å²) in [5, 5.41) is 21.9. The van der Waals surface area contributed by atoms with E-state index in [9.17, 15) is 9.90 Å². The highest BCUT2D eigenvalue weighted by atomic mass is 28.4. The highest BCUT2D eigenvalue weighted by Crippen LogP contribution is 2.43. The second kappa shape index (κ2) is 23.1. The number of piperidine rings is 1. The Bertz CT molecular complexity index is 2240. The number of rotatable bonds is 23. The molecule has 0 bridgehead atoms. The monoisotopic (exact) mass is 903 g/mol. The quantitative estimate of drug-likeness (QED) is 0.0438. The van der Waals surface area contributed by atoms with Crippen LogP contribution in [0, 0.1) is 11.8 Å². The summed E-state index contributed by atoms with van der Waals surface area (Å²) >= 11 is 0. The van der Waals surface area contributed by atoms with E-state index in [1.165, 1.54) is 64.3 Å². The summed E-state index contributed by atoms with van der Waals surface area (Å²) in [7, 11) is -2.13. The number of ether oxygens (including phenoxy) is 1. The van der Waals surface area contributed by atoms with Gasteiger partial charge in [0, 0.05) is 24.5 Å². The fourth-order valence-electron chi connectivity index (χ4n) is 9.81. The number of benzene rings is 3. The minimum absolute atomic E-state index is 0.0587. The van der Waals surface area contributed by atoms with Crippen molar-refractivity contribution in [3.8, 4) is 5.75 Å². The Morgan fingerprint density at radius 1 is 0.831 bits per heavy atom. The van der Waals surface area contributed by atoms with E-state index in [1.54, 1.807) is 6.07 Å². The number of hydrogen-bond acceptors (Lipinski definition) is 8. The third-order valence-electron chi connectivity index (χ3n) is 14.8. The molecule has 0 radical (unpaired) electrons. The number of H-pyrrole nitrogens is 1. The molecular weight excluding hydrogens is 825 g/mol. The maximum atomic E-state index is 12.6. The standard InChI is InChI=1S/C54H78N6O4Si/c1-53(2,3)65(4,5)64-49(46-28-30-48(51-47(46)29-31-50(61)57-51)63-40-43-22-14-11-15-23-43)38-55-34-20-9-7-6-8-10-21-35-59-36-32-42(33-37-59)39-60-41-56-52(58-60)54(62,44-24-16-12-17-25-44)45-26-18-13-19-27-45/h11-12,14-17,22-25,28-31,41-42,45,49,55,62H,6-10,13,18-21,26-27,32-40H2,1-5H3,(H,57,61)/t49-,54?/m0/s1. The molecule has 10 nitrogen and oxygen atoms in total. The zero-order valence-electron chi connectivity index (χ0n) is 40.2. The number of unbranched alkanes of at least 4 members (excludes halogenated alkanes) is 6. The number of aromatic amines is 1. The summed E-state index contributed by atoms with van der Waals surface area (Å²) in [6.45, 7) is 17.9. The zero-order valence-corrected chi connectivity index (χ0v) is 41.2. The van der Waals surface area contributed by atoms with Gasteiger partial charge >= 0.3 is 0 Å². The Morgan fingerprint density at radius 3 is 2.22 bits per heavy atom. The predicted octanol–water partition coefficient (Wildman–Crippen LogP) is 11.3. The average molecular weight is 903 g/mol. The number of fused-ring (bicyclic) bond motifs is 1. The van der Waals surface area contributed by atoms with Crippen LogP contribution in [0.25, 0.3) is 10.9 Å². The van der Waals surface area contributed by atoms with Gasteiger partial charge in [-0.05, 0) is 123 Å². The van der Waals surface area contributed by atoms with Crippen molar-refractivity contribution in [1.82, 2.24) is 30.0 Å². The molecule has 5 aromatic rings. The summed E-state index contributed by atoms with van der Waals surface area (Å²) in [5.74, 6) is 1.98. The molecule has 1 saturated heterocycles. The van der Waals surface area contributed by atoms with Gasteiger partial charge < -0.3 is 29.5 Å². The molecule has 3 heterocycles. The van der Waals surface area contributed by atoms with Crippen LogP contribution in [-0.2, 0) is 23.2 Å². The number of pyridine rings is 1. The molecule has 1 saturated carbocycles. The third-order valence-corrected chi connectivity index (χ3v) is 19.3. The maximum Gasteiger partial charge on any atom is 0.248 e. The Hall–Kier alpha value is -4.13. The average Bonchev–Trinajstić information content (AvgIpc) is 3.79. The van der Waals surface area contributed by atoms with E-state index in [-0.39, 0.29) is 22.6 Å². The number of hydrogen-bond donors (Lipinski definition) is 3. The number of nitrogens with zero attached hydrogens (tertiary/aromatic N) is 4. The highest BCUT2D eigenvalue weighted by Gasteiger charge is 2.44. The smallest absolute Gasteiger partial charge is 0.248 e. The number of likely N-dealkylation sites (tertiary alicyclic amines) is 1. The molecular formula is C54H78N6O4Si. The van der Waals surface area contributed by atoms with Gasteiger partial charge in [0.1, 0.15) is 18.7 Å². The predicted molar refractivity (Wildman–Crippen MR) is 267 cm³/mol. The van der Waals surface area contributed by atoms with Crippen molar-refractivity contribution in [3.05, 3.63) is 124 Å². The van der Waals surface area contributed by atoms with Gasteiger partial charge in [0.2, 0.25) is 5.56 Å². The van der Waals surface area contributed by atoms with Crippen molar-refractivity contribution in [2.45, 2.75) is 154 Å². The minimum atomic E-state index is -2.13. The molecule has 2 aromatic heterocycles. The molecule has 65 heavy (non-hydrogen) atoms. The second-order valence-electron chi connectivity index (χ2n) is 20.6. The lowest BCUT2D eigenvalue weighted by Gasteiger charge is -2.39. The summed E-state index contributed by atoms with van der Waals surface area (Å²) in [5.41, 5.74) is 2.52. The molecule has 352 valence electrons. The normalized spacial score (nSPS) is 17.3. The maximum absolute atomic E-state index is 12.6. The lowest BCUT2D eigenvalue weighted by Crippen LogP contribution is -2.43. The Labute approximate surface area is 390 Å². The van der Waals surface area contributed by atoms with E-state index >= 15 is 0 Å². The topological polar surface area (TPSA) is 118 Å². The minimum Gasteiger partial charge on any atom is -0.487 e. The van der Waals surface area contributed by atoms with E-state index in [1.807, 2.05) is 83.8 Å². The zero-order chi connectivity index (χ0) is 45.7. The van der Waals surface area contributed by atoms with Crippen LogP contribution in [0.4, 0.5) is 0 Å². The largest absolute Gasteiger partial charge is 0.487 e. The first kappa shape index (κ1) is 48.8. The molecule has 3 N–H and O–H groups in total. The van der Waals surface area contributed by atoms with Crippen molar-refractivity contribution in [2.24, 2.45) is 11.8 Å². The van der Waals surface area contributed by atoms with E-state index in [2.05, 4.69) is 55.1 Å². The highest BCUT2D eigenvalue weighted by molar-refractivity contribution is 6.74. The Morgan fingerprint density at radius 2 is 1.51 bits per heavy atom. The first-order valence-corrected chi connectivity index (χ1v) is 27.9. The molecule has 7 rings (SSSR count). The fraction of sp³-hybridized carbons (Fsp3) is 0.574. The molecule has 0 spiro atoms. The van der Waals surface area contributed by atoms with Gasteiger partial charge in [-0.15, -0.1) is 0 Å². The van der Waals surface area contributed by atoms with Gasteiger partial charge in [-0.1, -0.05) is 139 Å². The molecule has 1 unspecified atom stereocenters. The van der Waals surface area contributed by atoms with Gasteiger partial charge in [-0.2, -0.15) is 5.10 Å². The molecule has 11 heteroatoms. The van der Waals surface area contributed by atoms with Crippen LogP contribution < -0.4 is 15.6 Å². The molecule has 2 fully saturated rings. The van der Waals surface area contributed by atoms with Gasteiger partial charge in [0.25, 0.3) is 0 Å². The van der Waals surface area contributed by atoms with E-state index in [0.29, 0.717) is 30.6 Å². The Kier molecular flexibility index (Phi) is 17.3. The molecule has 1 aliphatic carbocycles. The number of aliphatic hydroxyl groups is 1. The summed E-state index contributed by atoms with van der Waals surface area (Å²) in [6, 6.07) is 27.9. The summed E-state index contributed by atoms with van der Waals surface area (Å²) < 4.78 is 15.4. The lowest BCUT2D eigenvalue weighted by atomic mass is 9.73. The summed E-state index contributed by atoms with van der Waals surface area (Å²) in [4.78, 5) is 23.0. The third kappa shape index (κ3) is 13.1. The van der Waals surface area contributed by atoms with E-state index in [4.69, 9.17) is 19.2 Å². The SMILES string of the molecule is CC(C)(C)[Si](C)(C)O[C@@H](CNCCCCCCCCCN1CCC(Cn2cnc(C(O)(c3ccccc3)C3CCCCC3)n2)CC1)c1ccc(OCc2ccccc2)c2[nH]c(=O)ccc12. The Balaban J connectivity index is 0.802. The van der Waals surface area contributed by atoms with Crippen molar-refractivity contribution in [3.63, 3.8) is 0 Å². The van der Waals surface area contributed by atoms with Crippen LogP contribution in [0.2, 0.25) is 18.1 Å². The van der Waals surface area contributed by atoms with Gasteiger partial charge in [-0.3, -0.25) is 9.48 Å². The first-order chi connectivity index (χ1) is 31.4. The first-order valence-electron chi connectivity index (χ1n) is 25.0. The van der Waals surface area contributed by atoms with Crippen molar-refractivity contribution in [1.29, 1.82) is 0 Å². The van der Waals surface area contributed by atoms with Crippen LogP contribution >= 0.6 is 0 Å². The van der Waals surface area contributed by atoms with Crippen LogP contribution in [0.5, 0.6) is 5.75 Å². The van der Waals surface area contributed by atoms with Crippen molar-refractivity contribution < 1.29 is 14.3 Å². The van der Waals surface area contributed by atoms with Crippen LogP contribution in [0.3, 0.4) is 0 Å². The number of aromatic nitrogens is 4. The van der Waals surface area contributed by atoms with Crippen LogP contribution in [0.1, 0.15) is 139 Å². The van der Waals surface area contributed by atoms with E-state index in [0.717, 1.165) is 85.9 Å². The van der Waals surface area contributed by atoms with Gasteiger partial charge in [0.15, 0.2) is 19.7 Å². The number of nitrogens with one attached hydrogen (secondary N) is 2. The van der Waals surface area contributed by atoms with Gasteiger partial charge in [0.05, 0.1) is 11.6 Å². The second-order valence-corrected chi connectivity index (χ2v) is 25.4. The lowest BCUT2D eigenvalue weighted by molar-refractivity contribution is -0.00865. The van der Waals surface area contributed by atoms with Crippen molar-refractivity contribution >= 4 is 19.2 Å². The molecule has 2 aliphatic rings. The van der Waals surface area contributed by atoms with Crippen LogP contribution in [-0.4, -0.2) is 70.8 Å². The molecule has 3 aromatic carbocycles. The molecule has 0 amide bonds. The fourth-order valence-corrected chi connectivity index (χ4v) is 11.1. The van der Waals surface area contributed by atoms with Gasteiger partial charge in [-0.25, -0.2) is 4.98 Å². The molecule has 2 atom stereocenters.